The maximum absolute atomic E-state index is 13.4. The molecular formula is C11H10ClFN4. The Hall–Kier alpha value is -1.88. The number of halogens is 2. The predicted molar refractivity (Wildman–Crippen MR) is 66.3 cm³/mol. The summed E-state index contributed by atoms with van der Waals surface area (Å²) in [5.41, 5.74) is 0.664. The van der Waals surface area contributed by atoms with Crippen molar-refractivity contribution in [1.29, 1.82) is 0 Å². The van der Waals surface area contributed by atoms with Gasteiger partial charge in [0.15, 0.2) is 11.6 Å². The first-order valence-corrected chi connectivity index (χ1v) is 5.29. The van der Waals surface area contributed by atoms with Crippen LogP contribution in [0, 0.1) is 5.82 Å². The van der Waals surface area contributed by atoms with Crippen LogP contribution in [0.25, 0.3) is 0 Å². The molecule has 0 saturated heterocycles. The van der Waals surface area contributed by atoms with Crippen LogP contribution in [0.15, 0.2) is 30.5 Å². The normalized spacial score (nSPS) is 10.1. The first-order valence-electron chi connectivity index (χ1n) is 4.92. The Kier molecular flexibility index (Phi) is 3.39. The van der Waals surface area contributed by atoms with Crippen molar-refractivity contribution in [2.75, 3.05) is 17.7 Å². The van der Waals surface area contributed by atoms with Gasteiger partial charge in [-0.05, 0) is 18.2 Å². The Balaban J connectivity index is 2.29. The number of anilines is 3. The van der Waals surface area contributed by atoms with Crippen molar-refractivity contribution in [2.24, 2.45) is 0 Å². The van der Waals surface area contributed by atoms with E-state index in [-0.39, 0.29) is 5.82 Å². The summed E-state index contributed by atoms with van der Waals surface area (Å²) in [5.74, 6) is -0.0773. The van der Waals surface area contributed by atoms with Gasteiger partial charge in [-0.15, -0.1) is 0 Å². The topological polar surface area (TPSA) is 49.8 Å². The Morgan fingerprint density at radius 3 is 2.88 bits per heavy atom. The SMILES string of the molecule is CNc1ncc(F)c(Nc2cccc(Cl)c2)n1. The molecule has 0 amide bonds. The van der Waals surface area contributed by atoms with E-state index in [1.54, 1.807) is 31.3 Å². The number of nitrogens with zero attached hydrogens (tertiary/aromatic N) is 2. The zero-order chi connectivity index (χ0) is 12.3. The van der Waals surface area contributed by atoms with Gasteiger partial charge >= 0.3 is 0 Å². The lowest BCUT2D eigenvalue weighted by molar-refractivity contribution is 0.619. The molecule has 0 unspecified atom stereocenters. The van der Waals surface area contributed by atoms with Gasteiger partial charge in [0.05, 0.1) is 6.20 Å². The number of rotatable bonds is 3. The zero-order valence-corrected chi connectivity index (χ0v) is 9.79. The van der Waals surface area contributed by atoms with Gasteiger partial charge in [-0.3, -0.25) is 0 Å². The second-order valence-corrected chi connectivity index (χ2v) is 3.71. The first-order chi connectivity index (χ1) is 8.19. The van der Waals surface area contributed by atoms with E-state index in [9.17, 15) is 4.39 Å². The van der Waals surface area contributed by atoms with E-state index in [0.717, 1.165) is 6.20 Å². The van der Waals surface area contributed by atoms with Crippen molar-refractivity contribution in [3.05, 3.63) is 41.3 Å². The summed E-state index contributed by atoms with van der Waals surface area (Å²) >= 11 is 5.83. The average molecular weight is 253 g/mol. The molecule has 2 rings (SSSR count). The van der Waals surface area contributed by atoms with E-state index in [0.29, 0.717) is 16.7 Å². The van der Waals surface area contributed by atoms with Crippen LogP contribution in [-0.4, -0.2) is 17.0 Å². The predicted octanol–water partition coefficient (Wildman–Crippen LogP) is 3.05. The van der Waals surface area contributed by atoms with Crippen molar-refractivity contribution in [2.45, 2.75) is 0 Å². The highest BCUT2D eigenvalue weighted by Gasteiger charge is 2.06. The van der Waals surface area contributed by atoms with Crippen LogP contribution in [0.3, 0.4) is 0 Å². The number of hydrogen-bond donors (Lipinski definition) is 2. The van der Waals surface area contributed by atoms with Crippen molar-refractivity contribution in [1.82, 2.24) is 9.97 Å². The second kappa shape index (κ2) is 4.97. The van der Waals surface area contributed by atoms with E-state index in [2.05, 4.69) is 20.6 Å². The third kappa shape index (κ3) is 2.82. The summed E-state index contributed by atoms with van der Waals surface area (Å²) in [6.07, 6.45) is 1.10. The lowest BCUT2D eigenvalue weighted by atomic mass is 10.3. The quantitative estimate of drug-likeness (QED) is 0.882. The minimum absolute atomic E-state index is 0.103. The second-order valence-electron chi connectivity index (χ2n) is 3.28. The van der Waals surface area contributed by atoms with Crippen LogP contribution in [0.2, 0.25) is 5.02 Å². The maximum atomic E-state index is 13.4. The van der Waals surface area contributed by atoms with Crippen molar-refractivity contribution >= 4 is 29.1 Å². The summed E-state index contributed by atoms with van der Waals surface area (Å²) in [7, 11) is 1.66. The lowest BCUT2D eigenvalue weighted by Gasteiger charge is -2.07. The standard InChI is InChI=1S/C11H10ClFN4/c1-14-11-15-6-9(13)10(17-11)16-8-4-2-3-7(12)5-8/h2-6H,1H3,(H2,14,15,16,17). The van der Waals surface area contributed by atoms with Crippen molar-refractivity contribution in [3.8, 4) is 0 Å². The molecule has 17 heavy (non-hydrogen) atoms. The minimum atomic E-state index is -0.524. The van der Waals surface area contributed by atoms with Crippen molar-refractivity contribution in [3.63, 3.8) is 0 Å². The van der Waals surface area contributed by atoms with Crippen LogP contribution in [0.5, 0.6) is 0 Å². The molecule has 4 nitrogen and oxygen atoms in total. The minimum Gasteiger partial charge on any atom is -0.357 e. The fraction of sp³-hybridized carbons (Fsp3) is 0.0909. The molecule has 2 aromatic rings. The fourth-order valence-electron chi connectivity index (χ4n) is 1.28. The third-order valence-corrected chi connectivity index (χ3v) is 2.29. The molecule has 0 aliphatic carbocycles. The molecule has 0 radical (unpaired) electrons. The molecule has 6 heteroatoms. The summed E-state index contributed by atoms with van der Waals surface area (Å²) in [6, 6.07) is 6.96. The lowest BCUT2D eigenvalue weighted by Crippen LogP contribution is -2.02. The maximum Gasteiger partial charge on any atom is 0.224 e. The van der Waals surface area contributed by atoms with Crippen LogP contribution in [0.4, 0.5) is 21.8 Å². The van der Waals surface area contributed by atoms with E-state index in [1.165, 1.54) is 0 Å². The Labute approximate surface area is 103 Å². The molecule has 0 aliphatic heterocycles. The number of aromatic nitrogens is 2. The Morgan fingerprint density at radius 2 is 2.18 bits per heavy atom. The highest BCUT2D eigenvalue weighted by molar-refractivity contribution is 6.30. The molecule has 0 aliphatic rings. The molecule has 2 N–H and O–H groups in total. The van der Waals surface area contributed by atoms with Gasteiger partial charge in [-0.25, -0.2) is 9.37 Å². The average Bonchev–Trinajstić information content (AvgIpc) is 2.32. The van der Waals surface area contributed by atoms with Crippen LogP contribution >= 0.6 is 11.6 Å². The largest absolute Gasteiger partial charge is 0.357 e. The number of hydrogen-bond acceptors (Lipinski definition) is 4. The molecule has 1 aromatic carbocycles. The summed E-state index contributed by atoms with van der Waals surface area (Å²) in [5, 5.41) is 6.14. The third-order valence-electron chi connectivity index (χ3n) is 2.06. The van der Waals surface area contributed by atoms with E-state index in [4.69, 9.17) is 11.6 Å². The molecule has 1 aromatic heterocycles. The molecule has 0 saturated carbocycles. The molecule has 0 bridgehead atoms. The van der Waals surface area contributed by atoms with Crippen LogP contribution < -0.4 is 10.6 Å². The monoisotopic (exact) mass is 252 g/mol. The molecule has 0 atom stereocenters. The Morgan fingerprint density at radius 1 is 1.35 bits per heavy atom. The highest BCUT2D eigenvalue weighted by Crippen LogP contribution is 2.21. The summed E-state index contributed by atoms with van der Waals surface area (Å²) in [4.78, 5) is 7.72. The molecular weight excluding hydrogens is 243 g/mol. The molecule has 0 fully saturated rings. The molecule has 1 heterocycles. The molecule has 0 spiro atoms. The van der Waals surface area contributed by atoms with Gasteiger partial charge < -0.3 is 10.6 Å². The molecule has 88 valence electrons. The smallest absolute Gasteiger partial charge is 0.224 e. The van der Waals surface area contributed by atoms with Gasteiger partial charge in [-0.2, -0.15) is 4.98 Å². The van der Waals surface area contributed by atoms with Gasteiger partial charge in [0.1, 0.15) is 0 Å². The van der Waals surface area contributed by atoms with Gasteiger partial charge in [0.2, 0.25) is 5.95 Å². The van der Waals surface area contributed by atoms with E-state index < -0.39 is 5.82 Å². The first kappa shape index (κ1) is 11.6. The van der Waals surface area contributed by atoms with Gasteiger partial charge in [0.25, 0.3) is 0 Å². The Bertz CT molecular complexity index is 533. The van der Waals surface area contributed by atoms with Crippen molar-refractivity contribution < 1.29 is 4.39 Å². The fourth-order valence-corrected chi connectivity index (χ4v) is 1.47. The summed E-state index contributed by atoms with van der Waals surface area (Å²) in [6.45, 7) is 0. The van der Waals surface area contributed by atoms with Gasteiger partial charge in [-0.1, -0.05) is 17.7 Å². The van der Waals surface area contributed by atoms with E-state index >= 15 is 0 Å². The van der Waals surface area contributed by atoms with Gasteiger partial charge in [0, 0.05) is 17.8 Å². The van der Waals surface area contributed by atoms with Crippen LogP contribution in [0.1, 0.15) is 0 Å². The highest BCUT2D eigenvalue weighted by atomic mass is 35.5. The van der Waals surface area contributed by atoms with E-state index in [1.807, 2.05) is 0 Å². The number of nitrogens with one attached hydrogen (secondary N) is 2. The zero-order valence-electron chi connectivity index (χ0n) is 9.04. The summed E-state index contributed by atoms with van der Waals surface area (Å²) < 4.78 is 13.4. The number of benzene rings is 1. The van der Waals surface area contributed by atoms with Crippen LogP contribution in [-0.2, 0) is 0 Å².